The normalized spacial score (nSPS) is 16.4. The van der Waals surface area contributed by atoms with E-state index in [-0.39, 0.29) is 5.78 Å². The molecule has 2 fully saturated rings. The van der Waals surface area contributed by atoms with Crippen LogP contribution in [0.2, 0.25) is 0 Å². The summed E-state index contributed by atoms with van der Waals surface area (Å²) < 4.78 is 2.22. The van der Waals surface area contributed by atoms with Crippen LogP contribution in [0.25, 0.3) is 32.9 Å². The molecule has 0 atom stereocenters. The standard InChI is InChI=1S/C25H24N4O/c26-24-23-21(13-29(12-16-6-7-16)25(23)28-14-27-24)18-8-9-19-17(11-18)2-1-3-20(19)22(30)10-15-4-5-15/h1-3,8-9,11,13-16H,4-7,10,12H2,(H2,26,27,28). The van der Waals surface area contributed by atoms with Gasteiger partial charge in [0.15, 0.2) is 5.78 Å². The van der Waals surface area contributed by atoms with Crippen LogP contribution in [0, 0.1) is 11.8 Å². The van der Waals surface area contributed by atoms with Gasteiger partial charge in [-0.3, -0.25) is 4.79 Å². The number of rotatable bonds is 6. The Morgan fingerprint density at radius 2 is 1.90 bits per heavy atom. The smallest absolute Gasteiger partial charge is 0.163 e. The second-order valence-electron chi connectivity index (χ2n) is 8.91. The third-order valence-electron chi connectivity index (χ3n) is 6.50. The van der Waals surface area contributed by atoms with E-state index in [9.17, 15) is 4.79 Å². The zero-order chi connectivity index (χ0) is 20.2. The summed E-state index contributed by atoms with van der Waals surface area (Å²) in [6, 6.07) is 12.4. The molecule has 2 N–H and O–H groups in total. The molecular weight excluding hydrogens is 372 g/mol. The summed E-state index contributed by atoms with van der Waals surface area (Å²) in [5.74, 6) is 2.10. The number of hydrogen-bond donors (Lipinski definition) is 1. The van der Waals surface area contributed by atoms with Crippen LogP contribution in [-0.4, -0.2) is 20.3 Å². The average Bonchev–Trinajstić information content (AvgIpc) is 3.68. The molecule has 0 aliphatic heterocycles. The molecule has 2 heterocycles. The Morgan fingerprint density at radius 1 is 1.07 bits per heavy atom. The number of carbonyl (C=O) groups is 1. The number of nitrogens with zero attached hydrogens (tertiary/aromatic N) is 3. The van der Waals surface area contributed by atoms with Gasteiger partial charge < -0.3 is 10.3 Å². The first kappa shape index (κ1) is 17.6. The first-order chi connectivity index (χ1) is 14.7. The number of anilines is 1. The van der Waals surface area contributed by atoms with Gasteiger partial charge in [0.05, 0.1) is 5.39 Å². The van der Waals surface area contributed by atoms with E-state index in [1.807, 2.05) is 12.1 Å². The van der Waals surface area contributed by atoms with Crippen molar-refractivity contribution in [2.24, 2.45) is 11.8 Å². The quantitative estimate of drug-likeness (QED) is 0.453. The Labute approximate surface area is 174 Å². The van der Waals surface area contributed by atoms with Crippen molar-refractivity contribution >= 4 is 33.4 Å². The highest BCUT2D eigenvalue weighted by Crippen LogP contribution is 2.38. The van der Waals surface area contributed by atoms with E-state index >= 15 is 0 Å². The molecule has 6 rings (SSSR count). The lowest BCUT2D eigenvalue weighted by atomic mass is 9.95. The van der Waals surface area contributed by atoms with E-state index in [2.05, 4.69) is 45.0 Å². The van der Waals surface area contributed by atoms with Gasteiger partial charge in [-0.05, 0) is 59.9 Å². The largest absolute Gasteiger partial charge is 0.383 e. The molecule has 0 spiro atoms. The topological polar surface area (TPSA) is 73.8 Å². The average molecular weight is 396 g/mol. The van der Waals surface area contributed by atoms with Crippen LogP contribution in [0.4, 0.5) is 5.82 Å². The van der Waals surface area contributed by atoms with Gasteiger partial charge in [0.25, 0.3) is 0 Å². The highest BCUT2D eigenvalue weighted by Gasteiger charge is 2.26. The molecule has 2 aromatic heterocycles. The molecule has 0 amide bonds. The van der Waals surface area contributed by atoms with E-state index in [4.69, 9.17) is 5.73 Å². The number of Topliss-reactive ketones (excluding diaryl/α,β-unsaturated/α-hetero) is 1. The van der Waals surface area contributed by atoms with Crippen molar-refractivity contribution in [3.8, 4) is 11.1 Å². The first-order valence-corrected chi connectivity index (χ1v) is 10.8. The predicted octanol–water partition coefficient (Wildman–Crippen LogP) is 5.23. The summed E-state index contributed by atoms with van der Waals surface area (Å²) in [6.07, 6.45) is 9.32. The number of carbonyl (C=O) groups excluding carboxylic acids is 1. The van der Waals surface area contributed by atoms with E-state index in [0.717, 1.165) is 51.0 Å². The van der Waals surface area contributed by atoms with Crippen molar-refractivity contribution in [2.45, 2.75) is 38.6 Å². The minimum absolute atomic E-state index is 0.259. The molecule has 0 saturated heterocycles. The van der Waals surface area contributed by atoms with Gasteiger partial charge >= 0.3 is 0 Å². The second-order valence-corrected chi connectivity index (χ2v) is 8.91. The Balaban J connectivity index is 1.47. The molecule has 5 nitrogen and oxygen atoms in total. The van der Waals surface area contributed by atoms with Crippen molar-refractivity contribution in [3.63, 3.8) is 0 Å². The molecule has 150 valence electrons. The number of hydrogen-bond acceptors (Lipinski definition) is 4. The summed E-state index contributed by atoms with van der Waals surface area (Å²) in [4.78, 5) is 21.5. The maximum absolute atomic E-state index is 12.8. The Hall–Kier alpha value is -3.21. The fourth-order valence-corrected chi connectivity index (χ4v) is 4.47. The Morgan fingerprint density at radius 3 is 2.70 bits per heavy atom. The van der Waals surface area contributed by atoms with Crippen LogP contribution >= 0.6 is 0 Å². The first-order valence-electron chi connectivity index (χ1n) is 10.8. The molecular formula is C25H24N4O. The summed E-state index contributed by atoms with van der Waals surface area (Å²) >= 11 is 0. The van der Waals surface area contributed by atoms with E-state index in [1.165, 1.54) is 25.7 Å². The molecule has 2 aliphatic rings. The molecule has 0 radical (unpaired) electrons. The van der Waals surface area contributed by atoms with E-state index in [0.29, 0.717) is 18.2 Å². The molecule has 30 heavy (non-hydrogen) atoms. The van der Waals surface area contributed by atoms with E-state index < -0.39 is 0 Å². The maximum Gasteiger partial charge on any atom is 0.163 e. The van der Waals surface area contributed by atoms with Crippen molar-refractivity contribution < 1.29 is 4.79 Å². The van der Waals surface area contributed by atoms with Gasteiger partial charge in [0, 0.05) is 30.3 Å². The van der Waals surface area contributed by atoms with Crippen molar-refractivity contribution in [3.05, 3.63) is 54.5 Å². The number of nitrogens with two attached hydrogens (primary N) is 1. The fraction of sp³-hybridized carbons (Fsp3) is 0.320. The van der Waals surface area contributed by atoms with Crippen LogP contribution < -0.4 is 5.73 Å². The molecule has 2 aliphatic carbocycles. The lowest BCUT2D eigenvalue weighted by molar-refractivity contribution is 0.0977. The molecule has 5 heteroatoms. The number of nitrogen functional groups attached to an aromatic ring is 1. The van der Waals surface area contributed by atoms with Crippen LogP contribution in [0.3, 0.4) is 0 Å². The summed E-state index contributed by atoms with van der Waals surface area (Å²) in [6.45, 7) is 0.973. The minimum Gasteiger partial charge on any atom is -0.383 e. The van der Waals surface area contributed by atoms with Crippen LogP contribution in [0.1, 0.15) is 42.5 Å². The van der Waals surface area contributed by atoms with Crippen molar-refractivity contribution in [2.75, 3.05) is 5.73 Å². The number of benzene rings is 2. The zero-order valence-electron chi connectivity index (χ0n) is 16.8. The monoisotopic (exact) mass is 396 g/mol. The number of ketones is 1. The van der Waals surface area contributed by atoms with E-state index in [1.54, 1.807) is 6.33 Å². The predicted molar refractivity (Wildman–Crippen MR) is 119 cm³/mol. The molecule has 0 unspecified atom stereocenters. The van der Waals surface area contributed by atoms with Crippen LogP contribution in [-0.2, 0) is 6.54 Å². The highest BCUT2D eigenvalue weighted by atomic mass is 16.1. The summed E-state index contributed by atoms with van der Waals surface area (Å²) in [5, 5.41) is 3.02. The summed E-state index contributed by atoms with van der Waals surface area (Å²) in [5.41, 5.74) is 10.1. The third kappa shape index (κ3) is 3.05. The molecule has 2 aromatic carbocycles. The van der Waals surface area contributed by atoms with Crippen molar-refractivity contribution in [1.29, 1.82) is 0 Å². The lowest BCUT2D eigenvalue weighted by Crippen LogP contribution is -2.01. The SMILES string of the molecule is Nc1ncnc2c1c(-c1ccc3c(C(=O)CC4CC4)cccc3c1)cn2CC1CC1. The summed E-state index contributed by atoms with van der Waals surface area (Å²) in [7, 11) is 0. The van der Waals surface area contributed by atoms with Crippen LogP contribution in [0.15, 0.2) is 48.9 Å². The van der Waals surface area contributed by atoms with Gasteiger partial charge in [-0.25, -0.2) is 9.97 Å². The highest BCUT2D eigenvalue weighted by molar-refractivity contribution is 6.10. The van der Waals surface area contributed by atoms with Crippen LogP contribution in [0.5, 0.6) is 0 Å². The third-order valence-corrected chi connectivity index (χ3v) is 6.50. The Kier molecular flexibility index (Phi) is 3.91. The molecule has 4 aromatic rings. The minimum atomic E-state index is 0.259. The number of fused-ring (bicyclic) bond motifs is 2. The van der Waals surface area contributed by atoms with Gasteiger partial charge in [-0.2, -0.15) is 0 Å². The zero-order valence-corrected chi connectivity index (χ0v) is 16.8. The van der Waals surface area contributed by atoms with Gasteiger partial charge in [-0.15, -0.1) is 0 Å². The maximum atomic E-state index is 12.8. The van der Waals surface area contributed by atoms with Gasteiger partial charge in [0.2, 0.25) is 0 Å². The van der Waals surface area contributed by atoms with Crippen molar-refractivity contribution in [1.82, 2.24) is 14.5 Å². The number of aromatic nitrogens is 3. The lowest BCUT2D eigenvalue weighted by Gasteiger charge is -2.08. The van der Waals surface area contributed by atoms with Gasteiger partial charge in [-0.1, -0.05) is 30.3 Å². The Bertz CT molecular complexity index is 1300. The molecule has 2 saturated carbocycles. The van der Waals surface area contributed by atoms with Gasteiger partial charge in [0.1, 0.15) is 17.8 Å². The molecule has 0 bridgehead atoms. The second kappa shape index (κ2) is 6.66. The fourth-order valence-electron chi connectivity index (χ4n) is 4.47.